The van der Waals surface area contributed by atoms with Crippen LogP contribution < -0.4 is 5.73 Å². The molecule has 0 fully saturated rings. The van der Waals surface area contributed by atoms with E-state index >= 15 is 0 Å². The van der Waals surface area contributed by atoms with Crippen LogP contribution >= 0.6 is 23.2 Å². The molecule has 0 aliphatic carbocycles. The molecule has 0 aromatic heterocycles. The molecule has 1 nitrogen and oxygen atoms in total. The van der Waals surface area contributed by atoms with E-state index in [-0.39, 0.29) is 5.82 Å². The van der Waals surface area contributed by atoms with E-state index in [1.807, 2.05) is 19.1 Å². The molecule has 0 spiro atoms. The quantitative estimate of drug-likeness (QED) is 0.864. The summed E-state index contributed by atoms with van der Waals surface area (Å²) in [4.78, 5) is 0. The van der Waals surface area contributed by atoms with Crippen LogP contribution in [0, 0.1) is 12.7 Å². The lowest BCUT2D eigenvalue weighted by atomic mass is 9.98. The molecular formula is C14H12Cl2FN. The average Bonchev–Trinajstić information content (AvgIpc) is 2.30. The number of hydrogen-bond donors (Lipinski definition) is 1. The third-order valence-corrected chi connectivity index (χ3v) is 3.28. The van der Waals surface area contributed by atoms with Gasteiger partial charge in [-0.2, -0.15) is 0 Å². The fraction of sp³-hybridized carbons (Fsp3) is 0.143. The molecule has 0 aliphatic heterocycles. The maximum absolute atomic E-state index is 13.2. The van der Waals surface area contributed by atoms with Crippen molar-refractivity contribution in [3.8, 4) is 0 Å². The predicted octanol–water partition coefficient (Wildman–Crippen LogP) is 4.49. The van der Waals surface area contributed by atoms with Crippen molar-refractivity contribution in [1.82, 2.24) is 0 Å². The number of nitrogens with two attached hydrogens (primary N) is 1. The van der Waals surface area contributed by atoms with Crippen molar-refractivity contribution >= 4 is 23.2 Å². The van der Waals surface area contributed by atoms with E-state index in [1.54, 1.807) is 6.07 Å². The fourth-order valence-electron chi connectivity index (χ4n) is 1.88. The number of halogens is 3. The molecule has 0 aliphatic rings. The molecule has 0 heterocycles. The predicted molar refractivity (Wildman–Crippen MR) is 73.6 cm³/mol. The van der Waals surface area contributed by atoms with Gasteiger partial charge in [-0.3, -0.25) is 0 Å². The molecule has 4 heteroatoms. The van der Waals surface area contributed by atoms with Gasteiger partial charge < -0.3 is 5.73 Å². The molecule has 0 saturated carbocycles. The zero-order valence-corrected chi connectivity index (χ0v) is 11.3. The minimum atomic E-state index is -0.495. The van der Waals surface area contributed by atoms with E-state index < -0.39 is 6.04 Å². The molecule has 2 rings (SSSR count). The minimum Gasteiger partial charge on any atom is -0.320 e. The molecule has 94 valence electrons. The minimum absolute atomic E-state index is 0.358. The highest BCUT2D eigenvalue weighted by Gasteiger charge is 2.14. The summed E-state index contributed by atoms with van der Waals surface area (Å²) in [5.74, 6) is -0.358. The SMILES string of the molecule is Cc1cc(Cl)cc(C(N)c2cc(F)ccc2Cl)c1. The van der Waals surface area contributed by atoms with Gasteiger partial charge in [0.05, 0.1) is 6.04 Å². The highest BCUT2D eigenvalue weighted by molar-refractivity contribution is 6.31. The lowest BCUT2D eigenvalue weighted by molar-refractivity contribution is 0.623. The Hall–Kier alpha value is -1.09. The summed E-state index contributed by atoms with van der Waals surface area (Å²) in [6, 6.07) is 9.18. The summed E-state index contributed by atoms with van der Waals surface area (Å²) in [6.07, 6.45) is 0. The highest BCUT2D eigenvalue weighted by Crippen LogP contribution is 2.29. The Labute approximate surface area is 115 Å². The summed E-state index contributed by atoms with van der Waals surface area (Å²) in [7, 11) is 0. The Bertz CT molecular complexity index is 564. The fourth-order valence-corrected chi connectivity index (χ4v) is 2.41. The third-order valence-electron chi connectivity index (χ3n) is 2.72. The van der Waals surface area contributed by atoms with Crippen molar-refractivity contribution in [2.75, 3.05) is 0 Å². The van der Waals surface area contributed by atoms with Gasteiger partial charge in [0.1, 0.15) is 5.82 Å². The second-order valence-electron chi connectivity index (χ2n) is 4.21. The van der Waals surface area contributed by atoms with Crippen LogP contribution in [0.5, 0.6) is 0 Å². The molecule has 18 heavy (non-hydrogen) atoms. The van der Waals surface area contributed by atoms with Crippen molar-refractivity contribution in [1.29, 1.82) is 0 Å². The lowest BCUT2D eigenvalue weighted by Crippen LogP contribution is -2.13. The highest BCUT2D eigenvalue weighted by atomic mass is 35.5. The van der Waals surface area contributed by atoms with Gasteiger partial charge in [0.2, 0.25) is 0 Å². The standard InChI is InChI=1S/C14H12Cl2FN/c1-8-4-9(6-10(15)5-8)14(18)12-7-11(17)2-3-13(12)16/h2-7,14H,18H2,1H3. The summed E-state index contributed by atoms with van der Waals surface area (Å²) >= 11 is 12.0. The van der Waals surface area contributed by atoms with Gasteiger partial charge in [0.15, 0.2) is 0 Å². The van der Waals surface area contributed by atoms with Crippen molar-refractivity contribution in [3.05, 3.63) is 69.0 Å². The van der Waals surface area contributed by atoms with E-state index in [9.17, 15) is 4.39 Å². The van der Waals surface area contributed by atoms with Gasteiger partial charge in [0, 0.05) is 10.0 Å². The third kappa shape index (κ3) is 2.83. The Morgan fingerprint density at radius 3 is 2.50 bits per heavy atom. The summed E-state index contributed by atoms with van der Waals surface area (Å²) in [5, 5.41) is 1.05. The number of aryl methyl sites for hydroxylation is 1. The molecule has 1 atom stereocenters. The molecular weight excluding hydrogens is 272 g/mol. The second kappa shape index (κ2) is 5.27. The Morgan fingerprint density at radius 1 is 1.11 bits per heavy atom. The molecule has 0 amide bonds. The second-order valence-corrected chi connectivity index (χ2v) is 5.05. The van der Waals surface area contributed by atoms with Gasteiger partial charge in [-0.1, -0.05) is 29.3 Å². The van der Waals surface area contributed by atoms with Crippen molar-refractivity contribution in [2.45, 2.75) is 13.0 Å². The zero-order chi connectivity index (χ0) is 13.3. The van der Waals surface area contributed by atoms with Crippen LogP contribution in [-0.4, -0.2) is 0 Å². The first-order valence-corrected chi connectivity index (χ1v) is 6.20. The van der Waals surface area contributed by atoms with Crippen LogP contribution in [0.4, 0.5) is 4.39 Å². The Balaban J connectivity index is 2.47. The van der Waals surface area contributed by atoms with E-state index in [4.69, 9.17) is 28.9 Å². The summed E-state index contributed by atoms with van der Waals surface area (Å²) < 4.78 is 13.2. The maximum Gasteiger partial charge on any atom is 0.123 e. The van der Waals surface area contributed by atoms with Crippen LogP contribution in [-0.2, 0) is 0 Å². The van der Waals surface area contributed by atoms with Crippen LogP contribution in [0.25, 0.3) is 0 Å². The maximum atomic E-state index is 13.2. The Morgan fingerprint density at radius 2 is 1.83 bits per heavy atom. The van der Waals surface area contributed by atoms with Crippen molar-refractivity contribution < 1.29 is 4.39 Å². The van der Waals surface area contributed by atoms with Gasteiger partial charge in [-0.05, 0) is 53.9 Å². The number of hydrogen-bond acceptors (Lipinski definition) is 1. The average molecular weight is 284 g/mol. The molecule has 0 radical (unpaired) electrons. The first-order valence-electron chi connectivity index (χ1n) is 5.45. The molecule has 2 N–H and O–H groups in total. The van der Waals surface area contributed by atoms with E-state index in [1.165, 1.54) is 18.2 Å². The van der Waals surface area contributed by atoms with Crippen LogP contribution in [0.3, 0.4) is 0 Å². The molecule has 2 aromatic rings. The first kappa shape index (κ1) is 13.3. The first-order chi connectivity index (χ1) is 8.47. The van der Waals surface area contributed by atoms with Crippen molar-refractivity contribution in [2.24, 2.45) is 5.73 Å². The van der Waals surface area contributed by atoms with E-state index in [0.717, 1.165) is 11.1 Å². The van der Waals surface area contributed by atoms with Crippen LogP contribution in [0.1, 0.15) is 22.7 Å². The zero-order valence-electron chi connectivity index (χ0n) is 9.75. The molecule has 2 aromatic carbocycles. The van der Waals surface area contributed by atoms with Crippen LogP contribution in [0.15, 0.2) is 36.4 Å². The van der Waals surface area contributed by atoms with E-state index in [0.29, 0.717) is 15.6 Å². The van der Waals surface area contributed by atoms with Gasteiger partial charge in [0.25, 0.3) is 0 Å². The monoisotopic (exact) mass is 283 g/mol. The molecule has 0 bridgehead atoms. The topological polar surface area (TPSA) is 26.0 Å². The smallest absolute Gasteiger partial charge is 0.123 e. The molecule has 1 unspecified atom stereocenters. The number of rotatable bonds is 2. The van der Waals surface area contributed by atoms with Crippen LogP contribution in [0.2, 0.25) is 10.0 Å². The van der Waals surface area contributed by atoms with Gasteiger partial charge >= 0.3 is 0 Å². The van der Waals surface area contributed by atoms with Crippen molar-refractivity contribution in [3.63, 3.8) is 0 Å². The van der Waals surface area contributed by atoms with Gasteiger partial charge in [-0.25, -0.2) is 4.39 Å². The summed E-state index contributed by atoms with van der Waals surface area (Å²) in [6.45, 7) is 1.93. The Kier molecular flexibility index (Phi) is 3.91. The number of benzene rings is 2. The van der Waals surface area contributed by atoms with Gasteiger partial charge in [-0.15, -0.1) is 0 Å². The normalized spacial score (nSPS) is 12.5. The summed E-state index contributed by atoms with van der Waals surface area (Å²) in [5.41, 5.74) is 8.48. The molecule has 0 saturated heterocycles. The lowest BCUT2D eigenvalue weighted by Gasteiger charge is -2.15. The largest absolute Gasteiger partial charge is 0.320 e. The van der Waals surface area contributed by atoms with E-state index in [2.05, 4.69) is 0 Å².